The Bertz CT molecular complexity index is 165. The van der Waals surface area contributed by atoms with Crippen LogP contribution in [0.3, 0.4) is 0 Å². The van der Waals surface area contributed by atoms with Crippen LogP contribution >= 0.6 is 0 Å². The van der Waals surface area contributed by atoms with Crippen molar-refractivity contribution in [2.45, 2.75) is 39.7 Å². The largest absolute Gasteiger partial charge is 0.390 e. The second kappa shape index (κ2) is 5.09. The maximum atomic E-state index is 9.47. The van der Waals surface area contributed by atoms with Crippen LogP contribution in [0.2, 0.25) is 0 Å². The molecule has 0 bridgehead atoms. The molecule has 0 aliphatic carbocycles. The van der Waals surface area contributed by atoms with Crippen LogP contribution in [0.25, 0.3) is 0 Å². The van der Waals surface area contributed by atoms with Gasteiger partial charge in [-0.15, -0.1) is 0 Å². The highest BCUT2D eigenvalue weighted by Gasteiger charge is 2.14. The van der Waals surface area contributed by atoms with Gasteiger partial charge in [0.05, 0.1) is 5.60 Å². The third-order valence-corrected chi connectivity index (χ3v) is 1.47. The molecule has 0 radical (unpaired) electrons. The van der Waals surface area contributed by atoms with E-state index < -0.39 is 5.60 Å². The first-order valence-corrected chi connectivity index (χ1v) is 4.32. The average Bonchev–Trinajstić information content (AvgIpc) is 1.84. The molecule has 0 heterocycles. The molecule has 1 unspecified atom stereocenters. The molecular weight excluding hydrogens is 150 g/mol. The summed E-state index contributed by atoms with van der Waals surface area (Å²) in [5.74, 6) is 0.369. The van der Waals surface area contributed by atoms with Gasteiger partial charge in [-0.1, -0.05) is 13.0 Å². The summed E-state index contributed by atoms with van der Waals surface area (Å²) in [5, 5.41) is 9.47. The van der Waals surface area contributed by atoms with E-state index in [1.54, 1.807) is 12.4 Å². The number of hydrogen-bond acceptors (Lipinski definition) is 2. The highest BCUT2D eigenvalue weighted by molar-refractivity contribution is 5.54. The van der Waals surface area contributed by atoms with Crippen molar-refractivity contribution in [2.24, 2.45) is 10.9 Å². The van der Waals surface area contributed by atoms with Gasteiger partial charge in [0.15, 0.2) is 0 Å². The Hall–Kier alpha value is -0.630. The van der Waals surface area contributed by atoms with Gasteiger partial charge in [0.25, 0.3) is 0 Å². The van der Waals surface area contributed by atoms with Crippen molar-refractivity contribution in [3.8, 4) is 0 Å². The Morgan fingerprint density at radius 2 is 2.08 bits per heavy atom. The zero-order valence-corrected chi connectivity index (χ0v) is 8.41. The molecule has 1 N–H and O–H groups in total. The summed E-state index contributed by atoms with van der Waals surface area (Å²) < 4.78 is 0. The summed E-state index contributed by atoms with van der Waals surface area (Å²) in [6, 6.07) is 0. The average molecular weight is 169 g/mol. The molecule has 0 aromatic rings. The Labute approximate surface area is 75.0 Å². The molecule has 0 saturated heterocycles. The minimum Gasteiger partial charge on any atom is -0.390 e. The molecule has 0 fully saturated rings. The summed E-state index contributed by atoms with van der Waals surface area (Å²) in [6.45, 7) is 7.59. The van der Waals surface area contributed by atoms with Crippen LogP contribution in [0.5, 0.6) is 0 Å². The van der Waals surface area contributed by atoms with Gasteiger partial charge in [-0.05, 0) is 33.1 Å². The van der Waals surface area contributed by atoms with Gasteiger partial charge in [-0.2, -0.15) is 0 Å². The van der Waals surface area contributed by atoms with Gasteiger partial charge in [0, 0.05) is 12.4 Å². The molecular formula is C10H19NO. The molecule has 12 heavy (non-hydrogen) atoms. The van der Waals surface area contributed by atoms with Gasteiger partial charge in [0.2, 0.25) is 0 Å². The van der Waals surface area contributed by atoms with Crippen molar-refractivity contribution in [2.75, 3.05) is 0 Å². The van der Waals surface area contributed by atoms with E-state index in [9.17, 15) is 5.11 Å². The van der Waals surface area contributed by atoms with Crippen LogP contribution in [0.15, 0.2) is 17.3 Å². The Morgan fingerprint density at radius 1 is 1.50 bits per heavy atom. The first-order valence-electron chi connectivity index (χ1n) is 4.32. The van der Waals surface area contributed by atoms with E-state index in [0.29, 0.717) is 5.92 Å². The summed E-state index contributed by atoms with van der Waals surface area (Å²) in [4.78, 5) is 3.95. The highest BCUT2D eigenvalue weighted by Crippen LogP contribution is 2.16. The van der Waals surface area contributed by atoms with Gasteiger partial charge in [-0.25, -0.2) is 0 Å². The van der Waals surface area contributed by atoms with Crippen LogP contribution in [-0.2, 0) is 0 Å². The van der Waals surface area contributed by atoms with E-state index in [0.717, 1.165) is 6.42 Å². The van der Waals surface area contributed by atoms with Crippen molar-refractivity contribution in [3.63, 3.8) is 0 Å². The lowest BCUT2D eigenvalue weighted by Gasteiger charge is -2.19. The van der Waals surface area contributed by atoms with E-state index >= 15 is 0 Å². The fraction of sp³-hybridized carbons (Fsp3) is 0.700. The van der Waals surface area contributed by atoms with Crippen molar-refractivity contribution < 1.29 is 5.11 Å². The Balaban J connectivity index is 3.81. The van der Waals surface area contributed by atoms with Gasteiger partial charge in [0.1, 0.15) is 0 Å². The maximum absolute atomic E-state index is 9.47. The maximum Gasteiger partial charge on any atom is 0.0597 e. The van der Waals surface area contributed by atoms with Gasteiger partial charge >= 0.3 is 0 Å². The topological polar surface area (TPSA) is 32.6 Å². The monoisotopic (exact) mass is 169 g/mol. The normalized spacial score (nSPS) is 16.1. The molecule has 0 aromatic carbocycles. The molecule has 2 nitrogen and oxygen atoms in total. The van der Waals surface area contributed by atoms with Gasteiger partial charge in [-0.3, -0.25) is 4.99 Å². The summed E-state index contributed by atoms with van der Waals surface area (Å²) in [7, 11) is 0. The van der Waals surface area contributed by atoms with E-state index in [4.69, 9.17) is 0 Å². The van der Waals surface area contributed by atoms with Crippen LogP contribution in [0.4, 0.5) is 0 Å². The summed E-state index contributed by atoms with van der Waals surface area (Å²) in [6.07, 6.45) is 6.28. The number of nitrogens with zero attached hydrogens (tertiary/aromatic N) is 1. The number of aliphatic hydroxyl groups is 1. The van der Waals surface area contributed by atoms with Crippen LogP contribution in [0.1, 0.15) is 34.1 Å². The molecule has 0 aliphatic heterocycles. The third kappa shape index (κ3) is 7.48. The minimum absolute atomic E-state index is 0.369. The lowest BCUT2D eigenvalue weighted by atomic mass is 9.95. The number of rotatable bonds is 4. The van der Waals surface area contributed by atoms with E-state index in [1.807, 2.05) is 26.8 Å². The van der Waals surface area contributed by atoms with E-state index in [2.05, 4.69) is 11.9 Å². The Morgan fingerprint density at radius 3 is 2.50 bits per heavy atom. The molecule has 0 spiro atoms. The molecule has 0 aromatic heterocycles. The number of hydrogen-bond donors (Lipinski definition) is 1. The second-order valence-electron chi connectivity index (χ2n) is 3.74. The van der Waals surface area contributed by atoms with Crippen molar-refractivity contribution in [3.05, 3.63) is 12.3 Å². The van der Waals surface area contributed by atoms with Crippen molar-refractivity contribution >= 4 is 6.21 Å². The molecule has 0 rings (SSSR count). The second-order valence-corrected chi connectivity index (χ2v) is 3.74. The predicted molar refractivity (Wildman–Crippen MR) is 53.4 cm³/mol. The summed E-state index contributed by atoms with van der Waals surface area (Å²) in [5.41, 5.74) is -0.584. The number of allylic oxidation sites excluding steroid dienone is 1. The predicted octanol–water partition coefficient (Wildman–Crippen LogP) is 2.39. The van der Waals surface area contributed by atoms with E-state index in [1.165, 1.54) is 0 Å². The molecule has 70 valence electrons. The lowest BCUT2D eigenvalue weighted by molar-refractivity contribution is 0.0613. The Kier molecular flexibility index (Phi) is 4.83. The highest BCUT2D eigenvalue weighted by atomic mass is 16.3. The molecule has 0 saturated carbocycles. The zero-order chi connectivity index (χ0) is 9.61. The van der Waals surface area contributed by atoms with Crippen LogP contribution in [0, 0.1) is 5.92 Å². The van der Waals surface area contributed by atoms with Crippen molar-refractivity contribution in [1.82, 2.24) is 0 Å². The fourth-order valence-corrected chi connectivity index (χ4v) is 1.14. The SMILES string of the molecule is CC=N/C=C\C(C)CC(C)(C)O. The molecule has 1 atom stereocenters. The number of aliphatic imine (C=N–C) groups is 1. The third-order valence-electron chi connectivity index (χ3n) is 1.47. The fourth-order valence-electron chi connectivity index (χ4n) is 1.14. The first kappa shape index (κ1) is 11.4. The first-order chi connectivity index (χ1) is 5.45. The van der Waals surface area contributed by atoms with Crippen LogP contribution in [-0.4, -0.2) is 16.9 Å². The van der Waals surface area contributed by atoms with Crippen molar-refractivity contribution in [1.29, 1.82) is 0 Å². The standard InChI is InChI=1S/C10H19NO/c1-5-11-7-6-9(2)8-10(3,4)12/h5-7,9,12H,8H2,1-4H3/b7-6-,11-5?. The van der Waals surface area contributed by atoms with Gasteiger partial charge < -0.3 is 5.11 Å². The zero-order valence-electron chi connectivity index (χ0n) is 8.41. The summed E-state index contributed by atoms with van der Waals surface area (Å²) >= 11 is 0. The minimum atomic E-state index is -0.584. The van der Waals surface area contributed by atoms with Crippen LogP contribution < -0.4 is 0 Å². The smallest absolute Gasteiger partial charge is 0.0597 e. The molecule has 0 amide bonds. The quantitative estimate of drug-likeness (QED) is 0.644. The lowest BCUT2D eigenvalue weighted by Crippen LogP contribution is -2.21. The molecule has 2 heteroatoms. The molecule has 0 aliphatic rings. The van der Waals surface area contributed by atoms with E-state index in [-0.39, 0.29) is 0 Å².